The molecule has 1 atom stereocenters. The molecule has 1 fully saturated rings. The van der Waals surface area contributed by atoms with E-state index in [1.165, 1.54) is 10.4 Å². The molecule has 1 spiro atoms. The minimum atomic E-state index is -0.183. The maximum absolute atomic E-state index is 12.8. The Kier molecular flexibility index (Phi) is 5.09. The standard InChI is InChI=1S/C20H28N4O2S/c1-13-10-15(3)24(23-13)12-14(2)22-19(25)17-11-16-4-9-26-20(18(16)27-17)5-7-21-8-6-20/h10-11,14,21H,4-9,12H2,1-3H3,(H,22,25). The zero-order valence-corrected chi connectivity index (χ0v) is 17.1. The molecule has 4 heterocycles. The van der Waals surface area contributed by atoms with Gasteiger partial charge in [-0.2, -0.15) is 5.10 Å². The second-order valence-electron chi connectivity index (χ2n) is 7.79. The molecule has 0 radical (unpaired) electrons. The Morgan fingerprint density at radius 1 is 1.41 bits per heavy atom. The fraction of sp³-hybridized carbons (Fsp3) is 0.600. The van der Waals surface area contributed by atoms with Gasteiger partial charge in [-0.15, -0.1) is 11.3 Å². The SMILES string of the molecule is Cc1cc(C)n(CC(C)NC(=O)c2cc3c(s2)C2(CCNCC2)OCC3)n1. The van der Waals surface area contributed by atoms with Gasteiger partial charge >= 0.3 is 0 Å². The van der Waals surface area contributed by atoms with Crippen LogP contribution in [0.5, 0.6) is 0 Å². The van der Waals surface area contributed by atoms with Gasteiger partial charge in [0.2, 0.25) is 0 Å². The highest BCUT2D eigenvalue weighted by Crippen LogP contribution is 2.44. The van der Waals surface area contributed by atoms with Gasteiger partial charge in [0, 0.05) is 16.6 Å². The molecular formula is C20H28N4O2S. The average Bonchev–Trinajstić information content (AvgIpc) is 3.20. The molecular weight excluding hydrogens is 360 g/mol. The number of fused-ring (bicyclic) bond motifs is 2. The van der Waals surface area contributed by atoms with Crippen LogP contribution in [0.1, 0.15) is 51.3 Å². The Labute approximate surface area is 164 Å². The zero-order valence-electron chi connectivity index (χ0n) is 16.3. The predicted octanol–water partition coefficient (Wildman–Crippen LogP) is 2.53. The zero-order chi connectivity index (χ0) is 19.0. The van der Waals surface area contributed by atoms with Crippen LogP contribution in [-0.4, -0.2) is 41.4 Å². The van der Waals surface area contributed by atoms with E-state index >= 15 is 0 Å². The minimum absolute atomic E-state index is 0.00696. The van der Waals surface area contributed by atoms with Crippen molar-refractivity contribution in [3.05, 3.63) is 38.8 Å². The lowest BCUT2D eigenvalue weighted by atomic mass is 9.86. The van der Waals surface area contributed by atoms with Gasteiger partial charge in [-0.3, -0.25) is 9.48 Å². The maximum atomic E-state index is 12.8. The summed E-state index contributed by atoms with van der Waals surface area (Å²) in [7, 11) is 0. The van der Waals surface area contributed by atoms with Gasteiger partial charge in [-0.05, 0) is 70.8 Å². The summed E-state index contributed by atoms with van der Waals surface area (Å²) < 4.78 is 8.18. The first-order valence-electron chi connectivity index (χ1n) is 9.77. The highest BCUT2D eigenvalue weighted by molar-refractivity contribution is 7.14. The Hall–Kier alpha value is -1.70. The first-order valence-corrected chi connectivity index (χ1v) is 10.6. The summed E-state index contributed by atoms with van der Waals surface area (Å²) in [4.78, 5) is 14.9. The number of hydrogen-bond donors (Lipinski definition) is 2. The summed E-state index contributed by atoms with van der Waals surface area (Å²) in [5.41, 5.74) is 3.23. The third kappa shape index (κ3) is 3.68. The number of thiophene rings is 1. The van der Waals surface area contributed by atoms with Crippen LogP contribution in [0, 0.1) is 13.8 Å². The van der Waals surface area contributed by atoms with Gasteiger partial charge in [-0.25, -0.2) is 0 Å². The average molecular weight is 389 g/mol. The van der Waals surface area contributed by atoms with Crippen molar-refractivity contribution >= 4 is 17.2 Å². The maximum Gasteiger partial charge on any atom is 0.261 e. The van der Waals surface area contributed by atoms with E-state index < -0.39 is 0 Å². The van der Waals surface area contributed by atoms with Crippen LogP contribution in [0.3, 0.4) is 0 Å². The van der Waals surface area contributed by atoms with Crippen LogP contribution in [0.25, 0.3) is 0 Å². The summed E-state index contributed by atoms with van der Waals surface area (Å²) in [6.45, 7) is 9.42. The van der Waals surface area contributed by atoms with Crippen LogP contribution < -0.4 is 10.6 Å². The number of aromatic nitrogens is 2. The van der Waals surface area contributed by atoms with Gasteiger partial charge in [0.05, 0.1) is 23.7 Å². The molecule has 2 aromatic heterocycles. The lowest BCUT2D eigenvalue weighted by Crippen LogP contribution is -2.44. The number of hydrogen-bond acceptors (Lipinski definition) is 5. The summed E-state index contributed by atoms with van der Waals surface area (Å²) in [6.07, 6.45) is 2.86. The number of carbonyl (C=O) groups excluding carboxylic acids is 1. The van der Waals surface area contributed by atoms with Gasteiger partial charge in [0.15, 0.2) is 0 Å². The van der Waals surface area contributed by atoms with E-state index in [4.69, 9.17) is 4.74 Å². The lowest BCUT2D eigenvalue weighted by Gasteiger charge is -2.40. The molecule has 1 amide bonds. The molecule has 6 nitrogen and oxygen atoms in total. The Morgan fingerprint density at radius 3 is 2.89 bits per heavy atom. The number of nitrogens with one attached hydrogen (secondary N) is 2. The number of rotatable bonds is 4. The van der Waals surface area contributed by atoms with Crippen molar-refractivity contribution in [2.75, 3.05) is 19.7 Å². The number of piperidine rings is 1. The summed E-state index contributed by atoms with van der Waals surface area (Å²) in [5, 5.41) is 11.0. The van der Waals surface area contributed by atoms with Crippen molar-refractivity contribution in [2.45, 2.75) is 58.2 Å². The minimum Gasteiger partial charge on any atom is -0.369 e. The largest absolute Gasteiger partial charge is 0.369 e. The molecule has 2 aliphatic rings. The van der Waals surface area contributed by atoms with Crippen molar-refractivity contribution in [3.63, 3.8) is 0 Å². The van der Waals surface area contributed by atoms with Gasteiger partial charge < -0.3 is 15.4 Å². The molecule has 1 saturated heterocycles. The molecule has 4 rings (SSSR count). The molecule has 146 valence electrons. The lowest BCUT2D eigenvalue weighted by molar-refractivity contribution is -0.0771. The van der Waals surface area contributed by atoms with Crippen molar-refractivity contribution < 1.29 is 9.53 Å². The predicted molar refractivity (Wildman–Crippen MR) is 106 cm³/mol. The van der Waals surface area contributed by atoms with E-state index in [0.717, 1.165) is 55.2 Å². The molecule has 1 unspecified atom stereocenters. The van der Waals surface area contributed by atoms with Crippen molar-refractivity contribution in [1.29, 1.82) is 0 Å². The Bertz CT molecular complexity index is 835. The van der Waals surface area contributed by atoms with Crippen LogP contribution in [0.2, 0.25) is 0 Å². The van der Waals surface area contributed by atoms with E-state index in [0.29, 0.717) is 6.54 Å². The molecule has 2 aromatic rings. The molecule has 0 saturated carbocycles. The molecule has 7 heteroatoms. The van der Waals surface area contributed by atoms with Crippen LogP contribution in [0.4, 0.5) is 0 Å². The van der Waals surface area contributed by atoms with Crippen LogP contribution in [-0.2, 0) is 23.3 Å². The quantitative estimate of drug-likeness (QED) is 0.845. The summed E-state index contributed by atoms with van der Waals surface area (Å²) in [6, 6.07) is 4.15. The van der Waals surface area contributed by atoms with Gasteiger partial charge in [0.1, 0.15) is 5.60 Å². The number of nitrogens with zero attached hydrogens (tertiary/aromatic N) is 2. The van der Waals surface area contributed by atoms with Crippen LogP contribution in [0.15, 0.2) is 12.1 Å². The molecule has 0 aliphatic carbocycles. The van der Waals surface area contributed by atoms with E-state index in [1.807, 2.05) is 25.5 Å². The second-order valence-corrected chi connectivity index (χ2v) is 8.84. The molecule has 27 heavy (non-hydrogen) atoms. The van der Waals surface area contributed by atoms with E-state index in [9.17, 15) is 4.79 Å². The van der Waals surface area contributed by atoms with E-state index in [-0.39, 0.29) is 17.6 Å². The van der Waals surface area contributed by atoms with E-state index in [2.05, 4.69) is 27.9 Å². The van der Waals surface area contributed by atoms with Crippen molar-refractivity contribution in [1.82, 2.24) is 20.4 Å². The summed E-state index contributed by atoms with van der Waals surface area (Å²) in [5.74, 6) is 0.00696. The van der Waals surface area contributed by atoms with Crippen LogP contribution >= 0.6 is 11.3 Å². The number of ether oxygens (including phenoxy) is 1. The first kappa shape index (κ1) is 18.7. The topological polar surface area (TPSA) is 68.2 Å². The smallest absolute Gasteiger partial charge is 0.261 e. The van der Waals surface area contributed by atoms with Gasteiger partial charge in [-0.1, -0.05) is 0 Å². The summed E-state index contributed by atoms with van der Waals surface area (Å²) >= 11 is 1.62. The van der Waals surface area contributed by atoms with Crippen molar-refractivity contribution in [2.24, 2.45) is 0 Å². The molecule has 0 aromatic carbocycles. The Balaban J connectivity index is 1.47. The fourth-order valence-electron chi connectivity index (χ4n) is 4.20. The highest BCUT2D eigenvalue weighted by Gasteiger charge is 2.41. The Morgan fingerprint density at radius 2 is 2.19 bits per heavy atom. The number of aryl methyl sites for hydroxylation is 2. The molecule has 2 aliphatic heterocycles. The number of amides is 1. The van der Waals surface area contributed by atoms with Crippen molar-refractivity contribution in [3.8, 4) is 0 Å². The number of carbonyl (C=O) groups is 1. The first-order chi connectivity index (χ1) is 13.0. The fourth-order valence-corrected chi connectivity index (χ4v) is 5.51. The second kappa shape index (κ2) is 7.37. The monoisotopic (exact) mass is 388 g/mol. The third-order valence-electron chi connectivity index (χ3n) is 5.54. The third-order valence-corrected chi connectivity index (χ3v) is 6.90. The molecule has 2 N–H and O–H groups in total. The normalized spacial score (nSPS) is 19.7. The van der Waals surface area contributed by atoms with E-state index in [1.54, 1.807) is 11.3 Å². The molecule has 0 bridgehead atoms. The highest BCUT2D eigenvalue weighted by atomic mass is 32.1. The van der Waals surface area contributed by atoms with Gasteiger partial charge in [0.25, 0.3) is 5.91 Å².